The molecule has 25 heavy (non-hydrogen) atoms. The number of nitrogens with one attached hydrogen (secondary N) is 1. The topological polar surface area (TPSA) is 64.6 Å². The molecule has 0 aliphatic carbocycles. The van der Waals surface area contributed by atoms with Crippen LogP contribution in [0.2, 0.25) is 0 Å². The highest BCUT2D eigenvalue weighted by atomic mass is 16.5. The first kappa shape index (κ1) is 18.3. The van der Waals surface area contributed by atoms with Crippen molar-refractivity contribution in [3.8, 4) is 11.5 Å². The Bertz CT molecular complexity index is 733. The maximum absolute atomic E-state index is 11.9. The van der Waals surface area contributed by atoms with Gasteiger partial charge in [-0.1, -0.05) is 19.1 Å². The fraction of sp³-hybridized carbons (Fsp3) is 0.200. The fourth-order valence-electron chi connectivity index (χ4n) is 2.03. The summed E-state index contributed by atoms with van der Waals surface area (Å²) in [7, 11) is 1.58. The van der Waals surface area contributed by atoms with Crippen molar-refractivity contribution in [2.24, 2.45) is 0 Å². The summed E-state index contributed by atoms with van der Waals surface area (Å²) in [5, 5.41) is 2.55. The molecule has 0 aliphatic heterocycles. The predicted octanol–water partition coefficient (Wildman–Crippen LogP) is 3.45. The van der Waals surface area contributed by atoms with E-state index in [9.17, 15) is 9.59 Å². The van der Waals surface area contributed by atoms with Crippen molar-refractivity contribution >= 4 is 18.0 Å². The number of amides is 1. The Morgan fingerprint density at radius 2 is 1.64 bits per heavy atom. The fourth-order valence-corrected chi connectivity index (χ4v) is 2.03. The summed E-state index contributed by atoms with van der Waals surface area (Å²) in [6, 6.07) is 13.8. The number of rotatable bonds is 7. The third-order valence-electron chi connectivity index (χ3n) is 3.33. The number of hydrogen-bond acceptors (Lipinski definition) is 4. The summed E-state index contributed by atoms with van der Waals surface area (Å²) < 4.78 is 10.7. The second-order valence-corrected chi connectivity index (χ2v) is 5.28. The van der Waals surface area contributed by atoms with E-state index in [0.29, 0.717) is 17.9 Å². The Balaban J connectivity index is 1.90. The molecule has 0 radical (unpaired) electrons. The van der Waals surface area contributed by atoms with Crippen LogP contribution in [0.5, 0.6) is 11.5 Å². The van der Waals surface area contributed by atoms with Gasteiger partial charge in [-0.3, -0.25) is 4.79 Å². The molecular weight excluding hydrogens is 318 g/mol. The SMILES string of the molecule is CCCOc1ccc(OC(=O)/C=C/c2ccc(C(=O)NC)cc2)cc1. The van der Waals surface area contributed by atoms with E-state index >= 15 is 0 Å². The maximum Gasteiger partial charge on any atom is 0.336 e. The van der Waals surface area contributed by atoms with E-state index in [4.69, 9.17) is 9.47 Å². The number of esters is 1. The number of benzene rings is 2. The Kier molecular flexibility index (Phi) is 6.77. The van der Waals surface area contributed by atoms with Gasteiger partial charge in [-0.2, -0.15) is 0 Å². The van der Waals surface area contributed by atoms with Crippen LogP contribution in [0.4, 0.5) is 0 Å². The van der Waals surface area contributed by atoms with Crippen molar-refractivity contribution in [1.29, 1.82) is 0 Å². The minimum atomic E-state index is -0.474. The molecule has 0 spiro atoms. The van der Waals surface area contributed by atoms with E-state index in [1.165, 1.54) is 6.08 Å². The number of ether oxygens (including phenoxy) is 2. The van der Waals surface area contributed by atoms with Crippen molar-refractivity contribution in [1.82, 2.24) is 5.32 Å². The number of carbonyl (C=O) groups excluding carboxylic acids is 2. The lowest BCUT2D eigenvalue weighted by atomic mass is 10.1. The molecule has 0 heterocycles. The molecular formula is C20H21NO4. The van der Waals surface area contributed by atoms with Crippen LogP contribution in [-0.4, -0.2) is 25.5 Å². The zero-order chi connectivity index (χ0) is 18.1. The highest BCUT2D eigenvalue weighted by Crippen LogP contribution is 2.18. The average Bonchev–Trinajstić information content (AvgIpc) is 2.65. The van der Waals surface area contributed by atoms with Crippen LogP contribution in [0.3, 0.4) is 0 Å². The Hall–Kier alpha value is -3.08. The van der Waals surface area contributed by atoms with Crippen LogP contribution in [0.25, 0.3) is 6.08 Å². The zero-order valence-corrected chi connectivity index (χ0v) is 14.3. The Labute approximate surface area is 147 Å². The van der Waals surface area contributed by atoms with Crippen LogP contribution in [0, 0.1) is 0 Å². The lowest BCUT2D eigenvalue weighted by Crippen LogP contribution is -2.17. The minimum absolute atomic E-state index is 0.152. The molecule has 0 aromatic heterocycles. The molecule has 5 heteroatoms. The number of hydrogen-bond donors (Lipinski definition) is 1. The molecule has 0 atom stereocenters. The van der Waals surface area contributed by atoms with Gasteiger partial charge in [-0.15, -0.1) is 0 Å². The van der Waals surface area contributed by atoms with Crippen molar-refractivity contribution in [2.45, 2.75) is 13.3 Å². The first-order chi connectivity index (χ1) is 12.1. The maximum atomic E-state index is 11.9. The van der Waals surface area contributed by atoms with Gasteiger partial charge in [0.25, 0.3) is 5.91 Å². The highest BCUT2D eigenvalue weighted by Gasteiger charge is 2.03. The molecule has 2 aromatic carbocycles. The van der Waals surface area contributed by atoms with E-state index < -0.39 is 5.97 Å². The van der Waals surface area contributed by atoms with Gasteiger partial charge in [-0.05, 0) is 54.5 Å². The molecule has 1 amide bonds. The lowest BCUT2D eigenvalue weighted by Gasteiger charge is -2.05. The largest absolute Gasteiger partial charge is 0.494 e. The van der Waals surface area contributed by atoms with Crippen LogP contribution < -0.4 is 14.8 Å². The minimum Gasteiger partial charge on any atom is -0.494 e. The van der Waals surface area contributed by atoms with E-state index in [1.807, 2.05) is 6.92 Å². The van der Waals surface area contributed by atoms with Crippen molar-refractivity contribution in [3.63, 3.8) is 0 Å². The van der Waals surface area contributed by atoms with Gasteiger partial charge in [0.15, 0.2) is 0 Å². The smallest absolute Gasteiger partial charge is 0.336 e. The third-order valence-corrected chi connectivity index (χ3v) is 3.33. The molecule has 0 unspecified atom stereocenters. The second kappa shape index (κ2) is 9.27. The first-order valence-electron chi connectivity index (χ1n) is 8.07. The molecule has 0 saturated heterocycles. The van der Waals surface area contributed by atoms with Crippen LogP contribution in [-0.2, 0) is 4.79 Å². The second-order valence-electron chi connectivity index (χ2n) is 5.28. The molecule has 1 N–H and O–H groups in total. The van der Waals surface area contributed by atoms with E-state index in [-0.39, 0.29) is 5.91 Å². The molecule has 0 bridgehead atoms. The van der Waals surface area contributed by atoms with E-state index in [1.54, 1.807) is 61.7 Å². The van der Waals surface area contributed by atoms with Gasteiger partial charge >= 0.3 is 5.97 Å². The molecule has 2 aromatic rings. The predicted molar refractivity (Wildman–Crippen MR) is 96.7 cm³/mol. The summed E-state index contributed by atoms with van der Waals surface area (Å²) in [5.41, 5.74) is 1.36. The van der Waals surface area contributed by atoms with Gasteiger partial charge in [0.2, 0.25) is 0 Å². The zero-order valence-electron chi connectivity index (χ0n) is 14.3. The number of carbonyl (C=O) groups is 2. The van der Waals surface area contributed by atoms with E-state index in [2.05, 4.69) is 5.32 Å². The average molecular weight is 339 g/mol. The Morgan fingerprint density at radius 1 is 1.00 bits per heavy atom. The summed E-state index contributed by atoms with van der Waals surface area (Å²) in [6.45, 7) is 2.69. The van der Waals surface area contributed by atoms with E-state index in [0.717, 1.165) is 17.7 Å². The summed E-state index contributed by atoms with van der Waals surface area (Å²) in [5.74, 6) is 0.570. The van der Waals surface area contributed by atoms with Crippen LogP contribution in [0.15, 0.2) is 54.6 Å². The highest BCUT2D eigenvalue weighted by molar-refractivity contribution is 5.94. The summed E-state index contributed by atoms with van der Waals surface area (Å²) >= 11 is 0. The molecule has 0 saturated carbocycles. The van der Waals surface area contributed by atoms with Gasteiger partial charge in [0.05, 0.1) is 6.61 Å². The quantitative estimate of drug-likeness (QED) is 0.477. The normalized spacial score (nSPS) is 10.5. The van der Waals surface area contributed by atoms with Crippen LogP contribution in [0.1, 0.15) is 29.3 Å². The molecule has 130 valence electrons. The molecule has 0 aliphatic rings. The lowest BCUT2D eigenvalue weighted by molar-refractivity contribution is -0.128. The van der Waals surface area contributed by atoms with Gasteiger partial charge in [0.1, 0.15) is 11.5 Å². The standard InChI is InChI=1S/C20H21NO4/c1-3-14-24-17-9-11-18(12-10-17)25-19(22)13-6-15-4-7-16(8-5-15)20(23)21-2/h4-13H,3,14H2,1-2H3,(H,21,23)/b13-6+. The van der Waals surface area contributed by atoms with Gasteiger partial charge in [0, 0.05) is 18.7 Å². The van der Waals surface area contributed by atoms with Crippen molar-refractivity contribution < 1.29 is 19.1 Å². The van der Waals surface area contributed by atoms with Crippen molar-refractivity contribution in [2.75, 3.05) is 13.7 Å². The summed E-state index contributed by atoms with van der Waals surface area (Å²) in [4.78, 5) is 23.3. The monoisotopic (exact) mass is 339 g/mol. The first-order valence-corrected chi connectivity index (χ1v) is 8.07. The molecule has 5 nitrogen and oxygen atoms in total. The molecule has 0 fully saturated rings. The Morgan fingerprint density at radius 3 is 2.24 bits per heavy atom. The van der Waals surface area contributed by atoms with Crippen LogP contribution >= 0.6 is 0 Å². The molecule has 2 rings (SSSR count). The van der Waals surface area contributed by atoms with Gasteiger partial charge < -0.3 is 14.8 Å². The third kappa shape index (κ3) is 5.80. The van der Waals surface area contributed by atoms with Crippen molar-refractivity contribution in [3.05, 3.63) is 65.7 Å². The van der Waals surface area contributed by atoms with Gasteiger partial charge in [-0.25, -0.2) is 4.79 Å². The summed E-state index contributed by atoms with van der Waals surface area (Å²) in [6.07, 6.45) is 3.91.